The second-order valence-corrected chi connectivity index (χ2v) is 5.02. The molecule has 1 fully saturated rings. The van der Waals surface area contributed by atoms with E-state index in [0.717, 1.165) is 43.9 Å². The molecule has 0 spiro atoms. The second-order valence-electron chi connectivity index (χ2n) is 5.02. The largest absolute Gasteiger partial charge is 0.338 e. The van der Waals surface area contributed by atoms with Crippen LogP contribution in [0.25, 0.3) is 11.5 Å². The van der Waals surface area contributed by atoms with Crippen LogP contribution in [0.15, 0.2) is 28.9 Å². The van der Waals surface area contributed by atoms with Crippen molar-refractivity contribution < 1.29 is 4.52 Å². The summed E-state index contributed by atoms with van der Waals surface area (Å²) in [5.74, 6) is 1.35. The third kappa shape index (κ3) is 2.26. The molecule has 0 atom stereocenters. The molecule has 2 aromatic heterocycles. The van der Waals surface area contributed by atoms with E-state index in [2.05, 4.69) is 27.4 Å². The van der Waals surface area contributed by atoms with Gasteiger partial charge in [-0.15, -0.1) is 0 Å². The van der Waals surface area contributed by atoms with Crippen LogP contribution < -0.4 is 5.32 Å². The minimum absolute atomic E-state index is 0.0330. The van der Waals surface area contributed by atoms with Crippen LogP contribution in [0.3, 0.4) is 0 Å². The van der Waals surface area contributed by atoms with Crippen molar-refractivity contribution in [1.82, 2.24) is 20.4 Å². The third-order valence-electron chi connectivity index (χ3n) is 4.01. The first-order chi connectivity index (χ1) is 9.34. The topological polar surface area (TPSA) is 63.8 Å². The second kappa shape index (κ2) is 5.09. The highest BCUT2D eigenvalue weighted by molar-refractivity contribution is 5.47. The molecule has 3 rings (SSSR count). The Hall–Kier alpha value is -1.75. The van der Waals surface area contributed by atoms with E-state index in [9.17, 15) is 0 Å². The van der Waals surface area contributed by atoms with Crippen LogP contribution in [0.4, 0.5) is 0 Å². The Morgan fingerprint density at radius 3 is 2.84 bits per heavy atom. The van der Waals surface area contributed by atoms with Crippen molar-refractivity contribution in [3.8, 4) is 11.5 Å². The molecular formula is C14H18N4O. The molecule has 0 radical (unpaired) electrons. The molecule has 0 aliphatic carbocycles. The van der Waals surface area contributed by atoms with Crippen molar-refractivity contribution >= 4 is 0 Å². The molecule has 19 heavy (non-hydrogen) atoms. The Bertz CT molecular complexity index is 531. The predicted octanol–water partition coefficient (Wildman–Crippen LogP) is 2.16. The lowest BCUT2D eigenvalue weighted by Crippen LogP contribution is -2.39. The number of rotatable bonds is 3. The summed E-state index contributed by atoms with van der Waals surface area (Å²) in [4.78, 5) is 8.84. The molecule has 1 aliphatic rings. The smallest absolute Gasteiger partial charge is 0.233 e. The summed E-state index contributed by atoms with van der Waals surface area (Å²) in [6.07, 6.45) is 4.87. The minimum Gasteiger partial charge on any atom is -0.338 e. The third-order valence-corrected chi connectivity index (χ3v) is 4.01. The van der Waals surface area contributed by atoms with Crippen LogP contribution in [0, 0.1) is 0 Å². The van der Waals surface area contributed by atoms with E-state index in [1.807, 2.05) is 18.2 Å². The lowest BCUT2D eigenvalue weighted by atomic mass is 9.76. The number of nitrogens with one attached hydrogen (secondary N) is 1. The van der Waals surface area contributed by atoms with E-state index < -0.39 is 0 Å². The van der Waals surface area contributed by atoms with Crippen LogP contribution in [-0.4, -0.2) is 28.2 Å². The van der Waals surface area contributed by atoms with Gasteiger partial charge in [0.05, 0.1) is 5.41 Å². The number of hydrogen-bond acceptors (Lipinski definition) is 5. The molecule has 3 heterocycles. The Kier molecular flexibility index (Phi) is 3.29. The van der Waals surface area contributed by atoms with E-state index in [1.54, 1.807) is 6.20 Å². The molecule has 1 aliphatic heterocycles. The molecule has 0 amide bonds. The van der Waals surface area contributed by atoms with E-state index in [1.165, 1.54) is 0 Å². The maximum atomic E-state index is 5.52. The molecule has 100 valence electrons. The minimum atomic E-state index is 0.0330. The van der Waals surface area contributed by atoms with Crippen LogP contribution in [-0.2, 0) is 5.41 Å². The van der Waals surface area contributed by atoms with Gasteiger partial charge >= 0.3 is 0 Å². The maximum Gasteiger partial charge on any atom is 0.233 e. The predicted molar refractivity (Wildman–Crippen MR) is 71.6 cm³/mol. The number of aromatic nitrogens is 3. The molecule has 1 N–H and O–H groups in total. The van der Waals surface area contributed by atoms with Gasteiger partial charge in [-0.2, -0.15) is 4.98 Å². The van der Waals surface area contributed by atoms with Gasteiger partial charge in [0.2, 0.25) is 11.7 Å². The first-order valence-corrected chi connectivity index (χ1v) is 6.80. The normalized spacial score (nSPS) is 18.4. The Morgan fingerprint density at radius 2 is 2.16 bits per heavy atom. The monoisotopic (exact) mass is 258 g/mol. The van der Waals surface area contributed by atoms with Crippen molar-refractivity contribution in [2.45, 2.75) is 31.6 Å². The zero-order valence-electron chi connectivity index (χ0n) is 11.1. The van der Waals surface area contributed by atoms with Crippen LogP contribution in [0.2, 0.25) is 0 Å². The van der Waals surface area contributed by atoms with E-state index in [-0.39, 0.29) is 5.41 Å². The van der Waals surface area contributed by atoms with Crippen LogP contribution in [0.5, 0.6) is 0 Å². The molecule has 0 unspecified atom stereocenters. The van der Waals surface area contributed by atoms with Gasteiger partial charge in [0.1, 0.15) is 5.69 Å². The molecule has 0 bridgehead atoms. The number of nitrogens with zero attached hydrogens (tertiary/aromatic N) is 3. The van der Waals surface area contributed by atoms with Gasteiger partial charge in [0, 0.05) is 6.20 Å². The zero-order valence-corrected chi connectivity index (χ0v) is 11.1. The quantitative estimate of drug-likeness (QED) is 0.914. The van der Waals surface area contributed by atoms with E-state index in [4.69, 9.17) is 4.52 Å². The van der Waals surface area contributed by atoms with E-state index in [0.29, 0.717) is 5.82 Å². The average Bonchev–Trinajstić information content (AvgIpc) is 2.99. The standard InChI is InChI=1S/C14H18N4O/c1-2-14(6-9-15-10-7-14)13-17-12(18-19-13)11-5-3-4-8-16-11/h3-5,8,15H,2,6-7,9-10H2,1H3. The highest BCUT2D eigenvalue weighted by Crippen LogP contribution is 2.36. The van der Waals surface area contributed by atoms with Crippen LogP contribution >= 0.6 is 0 Å². The van der Waals surface area contributed by atoms with Crippen molar-refractivity contribution in [3.05, 3.63) is 30.3 Å². The van der Waals surface area contributed by atoms with Gasteiger partial charge in [0.25, 0.3) is 0 Å². The summed E-state index contributed by atoms with van der Waals surface area (Å²) in [5, 5.41) is 7.47. The van der Waals surface area contributed by atoms with Crippen molar-refractivity contribution in [2.24, 2.45) is 0 Å². The SMILES string of the molecule is CCC1(c2nc(-c3ccccn3)no2)CCNCC1. The summed E-state index contributed by atoms with van der Waals surface area (Å²) in [6.45, 7) is 4.21. The van der Waals surface area contributed by atoms with E-state index >= 15 is 0 Å². The molecule has 2 aromatic rings. The molecule has 0 aromatic carbocycles. The summed E-state index contributed by atoms with van der Waals surface area (Å²) in [7, 11) is 0. The van der Waals surface area contributed by atoms with Crippen molar-refractivity contribution in [3.63, 3.8) is 0 Å². The van der Waals surface area contributed by atoms with Crippen molar-refractivity contribution in [1.29, 1.82) is 0 Å². The fourth-order valence-electron chi connectivity index (χ4n) is 2.66. The molecule has 5 heteroatoms. The van der Waals surface area contributed by atoms with Crippen LogP contribution in [0.1, 0.15) is 32.1 Å². The summed E-state index contributed by atoms with van der Waals surface area (Å²) in [5.41, 5.74) is 0.795. The number of hydrogen-bond donors (Lipinski definition) is 1. The maximum absolute atomic E-state index is 5.52. The lowest BCUT2D eigenvalue weighted by molar-refractivity contribution is 0.216. The number of pyridine rings is 1. The molecule has 0 saturated carbocycles. The van der Waals surface area contributed by atoms with Gasteiger partial charge in [-0.1, -0.05) is 18.1 Å². The average molecular weight is 258 g/mol. The van der Waals surface area contributed by atoms with Gasteiger partial charge in [-0.3, -0.25) is 4.98 Å². The summed E-state index contributed by atoms with van der Waals surface area (Å²) < 4.78 is 5.52. The first kappa shape index (κ1) is 12.3. The van der Waals surface area contributed by atoms with Gasteiger partial charge < -0.3 is 9.84 Å². The fourth-order valence-corrected chi connectivity index (χ4v) is 2.66. The summed E-state index contributed by atoms with van der Waals surface area (Å²) in [6, 6.07) is 5.71. The van der Waals surface area contributed by atoms with Gasteiger partial charge in [0.15, 0.2) is 0 Å². The lowest BCUT2D eigenvalue weighted by Gasteiger charge is -2.33. The number of piperidine rings is 1. The summed E-state index contributed by atoms with van der Waals surface area (Å²) >= 11 is 0. The Morgan fingerprint density at radius 1 is 1.32 bits per heavy atom. The molecule has 5 nitrogen and oxygen atoms in total. The highest BCUT2D eigenvalue weighted by atomic mass is 16.5. The molecule has 1 saturated heterocycles. The zero-order chi connectivity index (χ0) is 13.1. The first-order valence-electron chi connectivity index (χ1n) is 6.80. The fraction of sp³-hybridized carbons (Fsp3) is 0.500. The van der Waals surface area contributed by atoms with Gasteiger partial charge in [-0.25, -0.2) is 0 Å². The Labute approximate surface area is 112 Å². The Balaban J connectivity index is 1.92. The van der Waals surface area contributed by atoms with Gasteiger partial charge in [-0.05, 0) is 44.5 Å². The highest BCUT2D eigenvalue weighted by Gasteiger charge is 2.37. The molecular weight excluding hydrogens is 240 g/mol. The van der Waals surface area contributed by atoms with Crippen molar-refractivity contribution in [2.75, 3.05) is 13.1 Å².